The second-order valence-electron chi connectivity index (χ2n) is 5.96. The maximum atomic E-state index is 12.1. The van der Waals surface area contributed by atoms with E-state index in [1.807, 2.05) is 12.1 Å². The van der Waals surface area contributed by atoms with E-state index >= 15 is 0 Å². The summed E-state index contributed by atoms with van der Waals surface area (Å²) in [6, 6.07) is 4.24. The van der Waals surface area contributed by atoms with E-state index < -0.39 is 0 Å². The molecule has 1 saturated heterocycles. The Labute approximate surface area is 125 Å². The molecule has 0 spiro atoms. The first-order valence-electron chi connectivity index (χ1n) is 7.91. The van der Waals surface area contributed by atoms with Gasteiger partial charge in [-0.1, -0.05) is 12.2 Å². The van der Waals surface area contributed by atoms with Crippen LogP contribution < -0.4 is 0 Å². The highest BCUT2D eigenvalue weighted by molar-refractivity contribution is 5.72. The van der Waals surface area contributed by atoms with Crippen LogP contribution in [0, 0.1) is 5.92 Å². The second-order valence-corrected chi connectivity index (χ2v) is 5.96. The van der Waals surface area contributed by atoms with Crippen LogP contribution in [0.2, 0.25) is 0 Å². The van der Waals surface area contributed by atoms with Gasteiger partial charge in [0.25, 0.3) is 0 Å². The lowest BCUT2D eigenvalue weighted by Crippen LogP contribution is -2.34. The standard InChI is InChI=1S/C17H23NO3/c19-17(14-6-2-1-3-7-14)21-13-15-8-4-10-18(15)12-16-9-5-11-20-16/h1-2,5,9,11,14-15H,3-4,6-8,10,12-13H2/t14-,15-/m0/s1. The molecule has 0 saturated carbocycles. The number of furan rings is 1. The summed E-state index contributed by atoms with van der Waals surface area (Å²) in [6.45, 7) is 2.37. The smallest absolute Gasteiger partial charge is 0.309 e. The molecule has 2 aliphatic rings. The largest absolute Gasteiger partial charge is 0.468 e. The summed E-state index contributed by atoms with van der Waals surface area (Å²) < 4.78 is 11.0. The molecule has 1 fully saturated rings. The van der Waals surface area contributed by atoms with Gasteiger partial charge in [-0.3, -0.25) is 9.69 Å². The number of likely N-dealkylation sites (tertiary alicyclic amines) is 1. The van der Waals surface area contributed by atoms with Gasteiger partial charge in [0.1, 0.15) is 12.4 Å². The number of esters is 1. The Hall–Kier alpha value is -1.55. The first kappa shape index (κ1) is 14.4. The molecule has 1 aromatic rings. The van der Waals surface area contributed by atoms with E-state index in [2.05, 4.69) is 17.1 Å². The quantitative estimate of drug-likeness (QED) is 0.617. The molecular formula is C17H23NO3. The third-order valence-corrected chi connectivity index (χ3v) is 4.46. The minimum atomic E-state index is -0.0239. The number of carbonyl (C=O) groups is 1. The van der Waals surface area contributed by atoms with E-state index in [-0.39, 0.29) is 11.9 Å². The topological polar surface area (TPSA) is 42.7 Å². The summed E-state index contributed by atoms with van der Waals surface area (Å²) in [4.78, 5) is 14.4. The zero-order valence-electron chi connectivity index (χ0n) is 12.4. The van der Waals surface area contributed by atoms with E-state index in [0.717, 1.165) is 51.0 Å². The predicted molar refractivity (Wildman–Crippen MR) is 79.6 cm³/mol. The van der Waals surface area contributed by atoms with Crippen molar-refractivity contribution >= 4 is 5.97 Å². The Bertz CT molecular complexity index is 480. The zero-order valence-corrected chi connectivity index (χ0v) is 12.4. The summed E-state index contributed by atoms with van der Waals surface area (Å²) >= 11 is 0. The Kier molecular flexibility index (Phi) is 4.76. The molecule has 0 N–H and O–H groups in total. The van der Waals surface area contributed by atoms with Gasteiger partial charge < -0.3 is 9.15 Å². The third kappa shape index (κ3) is 3.76. The highest BCUT2D eigenvalue weighted by Gasteiger charge is 2.28. The fourth-order valence-electron chi connectivity index (χ4n) is 3.20. The lowest BCUT2D eigenvalue weighted by atomic mass is 9.95. The molecule has 1 aliphatic carbocycles. The van der Waals surface area contributed by atoms with Crippen LogP contribution in [-0.2, 0) is 16.1 Å². The van der Waals surface area contributed by atoms with Crippen molar-refractivity contribution in [2.45, 2.75) is 44.7 Å². The van der Waals surface area contributed by atoms with Crippen LogP contribution in [0.3, 0.4) is 0 Å². The highest BCUT2D eigenvalue weighted by Crippen LogP contribution is 2.23. The Balaban J connectivity index is 1.47. The van der Waals surface area contributed by atoms with Crippen molar-refractivity contribution in [2.24, 2.45) is 5.92 Å². The van der Waals surface area contributed by atoms with E-state index in [1.165, 1.54) is 0 Å². The van der Waals surface area contributed by atoms with Gasteiger partial charge in [-0.25, -0.2) is 0 Å². The molecule has 3 rings (SSSR count). The molecular weight excluding hydrogens is 266 g/mol. The average Bonchev–Trinajstić information content (AvgIpc) is 3.18. The van der Waals surface area contributed by atoms with Crippen molar-refractivity contribution in [3.8, 4) is 0 Å². The van der Waals surface area contributed by atoms with E-state index in [4.69, 9.17) is 9.15 Å². The molecule has 1 aromatic heterocycles. The van der Waals surface area contributed by atoms with Crippen molar-refractivity contribution < 1.29 is 13.9 Å². The number of rotatable bonds is 5. The van der Waals surface area contributed by atoms with Gasteiger partial charge in [0.2, 0.25) is 0 Å². The summed E-state index contributed by atoms with van der Waals surface area (Å²) in [7, 11) is 0. The molecule has 0 radical (unpaired) electrons. The number of ether oxygens (including phenoxy) is 1. The minimum Gasteiger partial charge on any atom is -0.468 e. The van der Waals surface area contributed by atoms with Crippen molar-refractivity contribution in [3.63, 3.8) is 0 Å². The first-order chi connectivity index (χ1) is 10.3. The number of carbonyl (C=O) groups excluding carboxylic acids is 1. The van der Waals surface area contributed by atoms with E-state index in [9.17, 15) is 4.79 Å². The molecule has 0 aromatic carbocycles. The molecule has 21 heavy (non-hydrogen) atoms. The lowest BCUT2D eigenvalue weighted by Gasteiger charge is -2.24. The third-order valence-electron chi connectivity index (χ3n) is 4.46. The average molecular weight is 289 g/mol. The minimum absolute atomic E-state index is 0.0239. The summed E-state index contributed by atoms with van der Waals surface area (Å²) in [5, 5.41) is 0. The predicted octanol–water partition coefficient (Wildman–Crippen LogP) is 3.14. The fourth-order valence-corrected chi connectivity index (χ4v) is 3.20. The molecule has 0 bridgehead atoms. The van der Waals surface area contributed by atoms with E-state index in [1.54, 1.807) is 6.26 Å². The number of nitrogens with zero attached hydrogens (tertiary/aromatic N) is 1. The van der Waals surface area contributed by atoms with Crippen LogP contribution in [0.25, 0.3) is 0 Å². The molecule has 2 atom stereocenters. The maximum absolute atomic E-state index is 12.1. The van der Waals surface area contributed by atoms with Crippen molar-refractivity contribution in [1.82, 2.24) is 4.90 Å². The zero-order chi connectivity index (χ0) is 14.5. The van der Waals surface area contributed by atoms with Crippen LogP contribution in [0.5, 0.6) is 0 Å². The van der Waals surface area contributed by atoms with Crippen LogP contribution in [0.1, 0.15) is 37.9 Å². The first-order valence-corrected chi connectivity index (χ1v) is 7.91. The Morgan fingerprint density at radius 1 is 1.38 bits per heavy atom. The van der Waals surface area contributed by atoms with Crippen LogP contribution in [-0.4, -0.2) is 30.1 Å². The summed E-state index contributed by atoms with van der Waals surface area (Å²) in [6.07, 6.45) is 11.0. The maximum Gasteiger partial charge on any atom is 0.309 e. The fraction of sp³-hybridized carbons (Fsp3) is 0.588. The second kappa shape index (κ2) is 6.94. The van der Waals surface area contributed by atoms with Gasteiger partial charge in [-0.2, -0.15) is 0 Å². The van der Waals surface area contributed by atoms with Crippen LogP contribution in [0.4, 0.5) is 0 Å². The molecule has 2 heterocycles. The Morgan fingerprint density at radius 2 is 2.33 bits per heavy atom. The van der Waals surface area contributed by atoms with Gasteiger partial charge in [-0.05, 0) is 50.8 Å². The molecule has 4 heteroatoms. The Morgan fingerprint density at radius 3 is 3.10 bits per heavy atom. The SMILES string of the molecule is O=C(OC[C@@H]1CCCN1Cc1ccco1)[C@H]1CC=CCC1. The van der Waals surface area contributed by atoms with E-state index in [0.29, 0.717) is 12.6 Å². The molecule has 0 amide bonds. The summed E-state index contributed by atoms with van der Waals surface area (Å²) in [5.41, 5.74) is 0. The highest BCUT2D eigenvalue weighted by atomic mass is 16.5. The lowest BCUT2D eigenvalue weighted by molar-refractivity contribution is -0.150. The number of hydrogen-bond acceptors (Lipinski definition) is 4. The molecule has 1 aliphatic heterocycles. The molecule has 114 valence electrons. The van der Waals surface area contributed by atoms with Gasteiger partial charge in [0.15, 0.2) is 0 Å². The van der Waals surface area contributed by atoms with Crippen molar-refractivity contribution in [2.75, 3.05) is 13.2 Å². The molecule has 4 nitrogen and oxygen atoms in total. The van der Waals surface area contributed by atoms with Crippen LogP contribution in [0.15, 0.2) is 35.0 Å². The molecule has 0 unspecified atom stereocenters. The number of hydrogen-bond donors (Lipinski definition) is 0. The monoisotopic (exact) mass is 289 g/mol. The van der Waals surface area contributed by atoms with Crippen LogP contribution >= 0.6 is 0 Å². The van der Waals surface area contributed by atoms with Gasteiger partial charge in [-0.15, -0.1) is 0 Å². The van der Waals surface area contributed by atoms with Gasteiger partial charge >= 0.3 is 5.97 Å². The number of allylic oxidation sites excluding steroid dienone is 2. The summed E-state index contributed by atoms with van der Waals surface area (Å²) in [5.74, 6) is 1.02. The van der Waals surface area contributed by atoms with Gasteiger partial charge in [0, 0.05) is 6.04 Å². The van der Waals surface area contributed by atoms with Crippen molar-refractivity contribution in [1.29, 1.82) is 0 Å². The van der Waals surface area contributed by atoms with Gasteiger partial charge in [0.05, 0.1) is 18.7 Å². The van der Waals surface area contributed by atoms with Crippen molar-refractivity contribution in [3.05, 3.63) is 36.3 Å². The normalized spacial score (nSPS) is 26.1.